The predicted octanol–water partition coefficient (Wildman–Crippen LogP) is -0.0913. The van der Waals surface area contributed by atoms with E-state index in [1.54, 1.807) is 6.20 Å². The molecule has 0 aromatic carbocycles. The molecule has 3 N–H and O–H groups in total. The zero-order valence-corrected chi connectivity index (χ0v) is 5.69. The van der Waals surface area contributed by atoms with Crippen LogP contribution in [0.1, 0.15) is 0 Å². The Morgan fingerprint density at radius 2 is 2.67 bits per heavy atom. The molecule has 0 unspecified atom stereocenters. The first kappa shape index (κ1) is 6.44. The second-order valence-corrected chi connectivity index (χ2v) is 2.28. The van der Waals surface area contributed by atoms with Gasteiger partial charge < -0.3 is 11.1 Å². The van der Waals surface area contributed by atoms with Crippen molar-refractivity contribution >= 4 is 16.5 Å². The number of rotatable bonds is 3. The quantitative estimate of drug-likeness (QED) is 0.622. The number of nitrogens with zero attached hydrogens (tertiary/aromatic N) is 2. The van der Waals surface area contributed by atoms with E-state index in [-0.39, 0.29) is 0 Å². The van der Waals surface area contributed by atoms with Crippen molar-refractivity contribution in [3.05, 3.63) is 6.20 Å². The fourth-order valence-corrected chi connectivity index (χ4v) is 0.884. The average Bonchev–Trinajstić information content (AvgIpc) is 2.34. The molecule has 0 radical (unpaired) electrons. The molecule has 1 aromatic rings. The van der Waals surface area contributed by atoms with Gasteiger partial charge in [0.2, 0.25) is 0 Å². The maximum absolute atomic E-state index is 5.25. The lowest BCUT2D eigenvalue weighted by Crippen LogP contribution is -2.12. The van der Waals surface area contributed by atoms with Crippen molar-refractivity contribution in [2.75, 3.05) is 18.4 Å². The van der Waals surface area contributed by atoms with Gasteiger partial charge >= 0.3 is 0 Å². The lowest BCUT2D eigenvalue weighted by molar-refractivity contribution is 1.03. The van der Waals surface area contributed by atoms with Crippen LogP contribution in [0.2, 0.25) is 0 Å². The largest absolute Gasteiger partial charge is 0.373 e. The van der Waals surface area contributed by atoms with Crippen LogP contribution in [-0.4, -0.2) is 22.7 Å². The number of nitrogens with two attached hydrogens (primary N) is 1. The molecule has 0 saturated heterocycles. The minimum absolute atomic E-state index is 0.637. The lowest BCUT2D eigenvalue weighted by atomic mass is 10.6. The van der Waals surface area contributed by atoms with E-state index in [0.29, 0.717) is 6.54 Å². The van der Waals surface area contributed by atoms with E-state index in [0.717, 1.165) is 11.5 Å². The highest BCUT2D eigenvalue weighted by atomic mass is 32.1. The summed E-state index contributed by atoms with van der Waals surface area (Å²) in [5.41, 5.74) is 5.25. The van der Waals surface area contributed by atoms with Crippen molar-refractivity contribution in [3.8, 4) is 0 Å². The molecule has 5 heteroatoms. The molecule has 4 nitrogen and oxygen atoms in total. The summed E-state index contributed by atoms with van der Waals surface area (Å²) in [6.07, 6.45) is 1.68. The highest BCUT2D eigenvalue weighted by Gasteiger charge is 1.89. The Hall–Kier alpha value is -0.680. The molecule has 0 aliphatic rings. The molecule has 0 fully saturated rings. The summed E-state index contributed by atoms with van der Waals surface area (Å²) in [7, 11) is 0. The Morgan fingerprint density at radius 1 is 1.78 bits per heavy atom. The number of aromatic nitrogens is 2. The smallest absolute Gasteiger partial charge is 0.130 e. The van der Waals surface area contributed by atoms with Gasteiger partial charge in [0.05, 0.1) is 6.20 Å². The molecule has 0 aliphatic heterocycles. The van der Waals surface area contributed by atoms with E-state index < -0.39 is 0 Å². The first-order valence-electron chi connectivity index (χ1n) is 2.65. The normalized spacial score (nSPS) is 9.44. The predicted molar refractivity (Wildman–Crippen MR) is 37.5 cm³/mol. The summed E-state index contributed by atoms with van der Waals surface area (Å²) in [5, 5.41) is 7.66. The molecule has 0 amide bonds. The third kappa shape index (κ3) is 1.95. The highest BCUT2D eigenvalue weighted by molar-refractivity contribution is 7.09. The van der Waals surface area contributed by atoms with Crippen molar-refractivity contribution in [2.24, 2.45) is 5.73 Å². The second-order valence-electron chi connectivity index (χ2n) is 1.50. The van der Waals surface area contributed by atoms with Gasteiger partial charge in [-0.15, -0.1) is 5.10 Å². The van der Waals surface area contributed by atoms with E-state index >= 15 is 0 Å². The monoisotopic (exact) mass is 144 g/mol. The Bertz CT molecular complexity index is 150. The third-order valence-electron chi connectivity index (χ3n) is 0.805. The van der Waals surface area contributed by atoms with Gasteiger partial charge in [-0.2, -0.15) is 0 Å². The van der Waals surface area contributed by atoms with Gasteiger partial charge in [0.25, 0.3) is 0 Å². The number of hydrogen-bond acceptors (Lipinski definition) is 5. The first-order chi connectivity index (χ1) is 4.43. The van der Waals surface area contributed by atoms with Crippen molar-refractivity contribution in [3.63, 3.8) is 0 Å². The van der Waals surface area contributed by atoms with Gasteiger partial charge in [-0.1, -0.05) is 4.49 Å². The topological polar surface area (TPSA) is 63.8 Å². The van der Waals surface area contributed by atoms with Crippen LogP contribution < -0.4 is 11.1 Å². The van der Waals surface area contributed by atoms with Crippen LogP contribution in [0, 0.1) is 0 Å². The van der Waals surface area contributed by atoms with Crippen LogP contribution in [-0.2, 0) is 0 Å². The molecule has 0 saturated carbocycles. The molecule has 1 aromatic heterocycles. The van der Waals surface area contributed by atoms with Crippen LogP contribution in [0.15, 0.2) is 6.20 Å². The minimum Gasteiger partial charge on any atom is -0.373 e. The molecule has 0 aliphatic carbocycles. The van der Waals surface area contributed by atoms with Crippen molar-refractivity contribution in [2.45, 2.75) is 0 Å². The van der Waals surface area contributed by atoms with E-state index in [1.165, 1.54) is 11.5 Å². The zero-order chi connectivity index (χ0) is 6.53. The van der Waals surface area contributed by atoms with Gasteiger partial charge in [0.15, 0.2) is 0 Å². The average molecular weight is 144 g/mol. The molecule has 0 bridgehead atoms. The Kier molecular flexibility index (Phi) is 2.41. The van der Waals surface area contributed by atoms with Crippen LogP contribution in [0.3, 0.4) is 0 Å². The second kappa shape index (κ2) is 3.37. The molecular formula is C4H8N4S. The van der Waals surface area contributed by atoms with Crippen molar-refractivity contribution in [1.82, 2.24) is 9.59 Å². The van der Waals surface area contributed by atoms with E-state index in [9.17, 15) is 0 Å². The lowest BCUT2D eigenvalue weighted by Gasteiger charge is -1.95. The van der Waals surface area contributed by atoms with E-state index in [1.807, 2.05) is 0 Å². The van der Waals surface area contributed by atoms with Gasteiger partial charge in [-0.25, -0.2) is 0 Å². The SMILES string of the molecule is NCCNc1cnns1. The van der Waals surface area contributed by atoms with E-state index in [2.05, 4.69) is 14.9 Å². The zero-order valence-electron chi connectivity index (χ0n) is 4.87. The summed E-state index contributed by atoms with van der Waals surface area (Å²) in [4.78, 5) is 0. The van der Waals surface area contributed by atoms with E-state index in [4.69, 9.17) is 5.73 Å². The molecule has 1 rings (SSSR count). The molecule has 1 heterocycles. The number of anilines is 1. The fraction of sp³-hybridized carbons (Fsp3) is 0.500. The number of hydrogen-bond donors (Lipinski definition) is 2. The minimum atomic E-state index is 0.637. The highest BCUT2D eigenvalue weighted by Crippen LogP contribution is 2.07. The maximum atomic E-state index is 5.25. The molecular weight excluding hydrogens is 136 g/mol. The van der Waals surface area contributed by atoms with Crippen LogP contribution in [0.5, 0.6) is 0 Å². The van der Waals surface area contributed by atoms with Crippen molar-refractivity contribution in [1.29, 1.82) is 0 Å². The molecule has 0 spiro atoms. The Labute approximate surface area is 57.2 Å². The van der Waals surface area contributed by atoms with Crippen molar-refractivity contribution < 1.29 is 0 Å². The van der Waals surface area contributed by atoms with Crippen LogP contribution >= 0.6 is 11.5 Å². The summed E-state index contributed by atoms with van der Waals surface area (Å²) < 4.78 is 3.66. The summed E-state index contributed by atoms with van der Waals surface area (Å²) in [5.74, 6) is 0. The molecule has 50 valence electrons. The third-order valence-corrected chi connectivity index (χ3v) is 1.43. The number of nitrogens with one attached hydrogen (secondary N) is 1. The Balaban J connectivity index is 2.30. The van der Waals surface area contributed by atoms with Crippen LogP contribution in [0.25, 0.3) is 0 Å². The Morgan fingerprint density at radius 3 is 3.22 bits per heavy atom. The first-order valence-corrected chi connectivity index (χ1v) is 3.42. The molecule has 0 atom stereocenters. The summed E-state index contributed by atoms with van der Waals surface area (Å²) in [6, 6.07) is 0. The van der Waals surface area contributed by atoms with Gasteiger partial charge in [0.1, 0.15) is 5.00 Å². The maximum Gasteiger partial charge on any atom is 0.130 e. The summed E-state index contributed by atoms with van der Waals surface area (Å²) in [6.45, 7) is 1.42. The standard InChI is InChI=1S/C4H8N4S/c5-1-2-6-4-3-7-8-9-4/h3,6H,1-2,5H2. The fourth-order valence-electron chi connectivity index (χ4n) is 0.440. The summed E-state index contributed by atoms with van der Waals surface area (Å²) >= 11 is 1.34. The van der Waals surface area contributed by atoms with Gasteiger partial charge in [-0.05, 0) is 0 Å². The molecule has 9 heavy (non-hydrogen) atoms. The van der Waals surface area contributed by atoms with Crippen LogP contribution in [0.4, 0.5) is 5.00 Å². The van der Waals surface area contributed by atoms with Gasteiger partial charge in [0, 0.05) is 24.6 Å². The van der Waals surface area contributed by atoms with Gasteiger partial charge in [-0.3, -0.25) is 0 Å².